The Morgan fingerprint density at radius 3 is 1.85 bits per heavy atom. The molecule has 0 aliphatic carbocycles. The Kier molecular flexibility index (Phi) is 7.07. The first-order valence-electron chi connectivity index (χ1n) is 10.0. The molecule has 0 amide bonds. The van der Waals surface area contributed by atoms with Gasteiger partial charge in [0.2, 0.25) is 0 Å². The van der Waals surface area contributed by atoms with E-state index in [-0.39, 0.29) is 0 Å². The highest BCUT2D eigenvalue weighted by molar-refractivity contribution is 5.38. The quantitative estimate of drug-likeness (QED) is 0.368. The van der Waals surface area contributed by atoms with Crippen LogP contribution in [0, 0.1) is 0 Å². The minimum atomic E-state index is 1.02. The van der Waals surface area contributed by atoms with Crippen LogP contribution in [0.15, 0.2) is 78.9 Å². The molecule has 0 unspecified atom stereocenters. The fraction of sp³-hybridized carbons (Fsp3) is 0.308. The Morgan fingerprint density at radius 1 is 0.538 bits per heavy atom. The van der Waals surface area contributed by atoms with Crippen molar-refractivity contribution in [2.75, 3.05) is 0 Å². The molecule has 0 saturated carbocycles. The van der Waals surface area contributed by atoms with E-state index in [0.29, 0.717) is 0 Å². The average molecular weight is 343 g/mol. The molecular weight excluding hydrogens is 312 g/mol. The Labute approximate surface area is 158 Å². The topological polar surface area (TPSA) is 0 Å². The first-order chi connectivity index (χ1) is 12.8. The van der Waals surface area contributed by atoms with Gasteiger partial charge in [0.25, 0.3) is 0 Å². The van der Waals surface area contributed by atoms with E-state index in [0.717, 1.165) is 12.8 Å². The molecule has 0 N–H and O–H groups in total. The molecule has 0 aliphatic heterocycles. The second kappa shape index (κ2) is 9.97. The van der Waals surface area contributed by atoms with Crippen molar-refractivity contribution < 1.29 is 0 Å². The zero-order valence-corrected chi connectivity index (χ0v) is 16.0. The molecule has 3 aromatic rings. The van der Waals surface area contributed by atoms with Crippen molar-refractivity contribution in [2.24, 2.45) is 0 Å². The van der Waals surface area contributed by atoms with Crippen molar-refractivity contribution in [3.05, 3.63) is 107 Å². The zero-order chi connectivity index (χ0) is 18.0. The lowest BCUT2D eigenvalue weighted by molar-refractivity contribution is 0.665. The molecule has 0 heteroatoms. The molecular formula is C26H30. The van der Waals surface area contributed by atoms with Gasteiger partial charge >= 0.3 is 0 Å². The van der Waals surface area contributed by atoms with Crippen molar-refractivity contribution in [1.29, 1.82) is 0 Å². The van der Waals surface area contributed by atoms with Crippen molar-refractivity contribution in [3.63, 3.8) is 0 Å². The maximum absolute atomic E-state index is 2.46. The lowest BCUT2D eigenvalue weighted by Crippen LogP contribution is -1.99. The molecule has 26 heavy (non-hydrogen) atoms. The summed E-state index contributed by atoms with van der Waals surface area (Å²) in [4.78, 5) is 0. The van der Waals surface area contributed by atoms with E-state index in [1.165, 1.54) is 54.4 Å². The maximum atomic E-state index is 2.46. The van der Waals surface area contributed by atoms with Crippen molar-refractivity contribution in [2.45, 2.75) is 51.9 Å². The Bertz CT molecular complexity index is 772. The average Bonchev–Trinajstić information content (AvgIpc) is 2.69. The summed E-state index contributed by atoms with van der Waals surface area (Å²) in [7, 11) is 0. The first kappa shape index (κ1) is 18.5. The SMILES string of the molecule is CCCCCCc1cc(Cc2ccccc2)ccc1Cc1ccccc1. The fourth-order valence-electron chi connectivity index (χ4n) is 3.58. The number of benzene rings is 3. The van der Waals surface area contributed by atoms with Crippen LogP contribution >= 0.6 is 0 Å². The van der Waals surface area contributed by atoms with Crippen LogP contribution in [0.5, 0.6) is 0 Å². The summed E-state index contributed by atoms with van der Waals surface area (Å²) in [6, 6.07) is 28.8. The van der Waals surface area contributed by atoms with Crippen LogP contribution in [0.2, 0.25) is 0 Å². The lowest BCUT2D eigenvalue weighted by atomic mass is 9.92. The van der Waals surface area contributed by atoms with Gasteiger partial charge in [-0.05, 0) is 53.5 Å². The second-order valence-corrected chi connectivity index (χ2v) is 7.24. The van der Waals surface area contributed by atoms with Crippen LogP contribution < -0.4 is 0 Å². The van der Waals surface area contributed by atoms with Gasteiger partial charge in [-0.15, -0.1) is 0 Å². The number of hydrogen-bond donors (Lipinski definition) is 0. The largest absolute Gasteiger partial charge is 0.0654 e. The molecule has 0 atom stereocenters. The maximum Gasteiger partial charge on any atom is -0.00230 e. The number of unbranched alkanes of at least 4 members (excludes halogenated alkanes) is 3. The molecule has 3 rings (SSSR count). The van der Waals surface area contributed by atoms with E-state index in [1.807, 2.05) is 0 Å². The molecule has 0 fully saturated rings. The third kappa shape index (κ3) is 5.59. The predicted molar refractivity (Wildman–Crippen MR) is 113 cm³/mol. The van der Waals surface area contributed by atoms with Gasteiger partial charge < -0.3 is 0 Å². The van der Waals surface area contributed by atoms with E-state index >= 15 is 0 Å². The molecule has 0 heterocycles. The molecule has 0 radical (unpaired) electrons. The van der Waals surface area contributed by atoms with E-state index in [1.54, 1.807) is 5.56 Å². The Balaban J connectivity index is 1.78. The van der Waals surface area contributed by atoms with Crippen molar-refractivity contribution >= 4 is 0 Å². The zero-order valence-electron chi connectivity index (χ0n) is 16.0. The lowest BCUT2D eigenvalue weighted by Gasteiger charge is -2.13. The summed E-state index contributed by atoms with van der Waals surface area (Å²) < 4.78 is 0. The van der Waals surface area contributed by atoms with Crippen LogP contribution in [0.4, 0.5) is 0 Å². The summed E-state index contributed by atoms with van der Waals surface area (Å²) in [6.45, 7) is 2.28. The molecule has 134 valence electrons. The number of rotatable bonds is 9. The van der Waals surface area contributed by atoms with Crippen LogP contribution in [0.1, 0.15) is 60.4 Å². The summed E-state index contributed by atoms with van der Waals surface area (Å²) in [5.41, 5.74) is 7.25. The third-order valence-corrected chi connectivity index (χ3v) is 5.06. The van der Waals surface area contributed by atoms with Gasteiger partial charge in [0.05, 0.1) is 0 Å². The van der Waals surface area contributed by atoms with E-state index < -0.39 is 0 Å². The highest BCUT2D eigenvalue weighted by Gasteiger charge is 2.06. The van der Waals surface area contributed by atoms with Gasteiger partial charge in [-0.25, -0.2) is 0 Å². The van der Waals surface area contributed by atoms with Crippen molar-refractivity contribution in [1.82, 2.24) is 0 Å². The van der Waals surface area contributed by atoms with Crippen LogP contribution in [-0.4, -0.2) is 0 Å². The fourth-order valence-corrected chi connectivity index (χ4v) is 3.58. The molecule has 0 aliphatic rings. The highest BCUT2D eigenvalue weighted by Crippen LogP contribution is 2.21. The molecule has 3 aromatic carbocycles. The van der Waals surface area contributed by atoms with Gasteiger partial charge in [0.1, 0.15) is 0 Å². The summed E-state index contributed by atoms with van der Waals surface area (Å²) in [6.07, 6.45) is 8.53. The standard InChI is InChI=1S/C26H30/c1-2-3-4-11-16-25-21-24(19-22-12-7-5-8-13-22)17-18-26(25)20-23-14-9-6-10-15-23/h5-10,12-15,17-18,21H,2-4,11,16,19-20H2,1H3. The van der Waals surface area contributed by atoms with Crippen LogP contribution in [0.3, 0.4) is 0 Å². The van der Waals surface area contributed by atoms with Gasteiger partial charge in [0.15, 0.2) is 0 Å². The molecule has 0 bridgehead atoms. The highest BCUT2D eigenvalue weighted by atomic mass is 14.1. The normalized spacial score (nSPS) is 10.8. The first-order valence-corrected chi connectivity index (χ1v) is 10.0. The molecule has 0 saturated heterocycles. The second-order valence-electron chi connectivity index (χ2n) is 7.24. The summed E-state index contributed by atoms with van der Waals surface area (Å²) in [5, 5.41) is 0. The minimum Gasteiger partial charge on any atom is -0.0654 e. The molecule has 0 nitrogen and oxygen atoms in total. The predicted octanol–water partition coefficient (Wildman–Crippen LogP) is 6.99. The third-order valence-electron chi connectivity index (χ3n) is 5.06. The number of aryl methyl sites for hydroxylation is 1. The Morgan fingerprint density at radius 2 is 1.19 bits per heavy atom. The van der Waals surface area contributed by atoms with Gasteiger partial charge in [-0.1, -0.05) is 105 Å². The monoisotopic (exact) mass is 342 g/mol. The smallest absolute Gasteiger partial charge is 0.00230 e. The van der Waals surface area contributed by atoms with Gasteiger partial charge in [0, 0.05) is 0 Å². The Hall–Kier alpha value is -2.34. The molecule has 0 aromatic heterocycles. The van der Waals surface area contributed by atoms with E-state index in [9.17, 15) is 0 Å². The van der Waals surface area contributed by atoms with Gasteiger partial charge in [-0.2, -0.15) is 0 Å². The van der Waals surface area contributed by atoms with Crippen LogP contribution in [0.25, 0.3) is 0 Å². The van der Waals surface area contributed by atoms with E-state index in [4.69, 9.17) is 0 Å². The minimum absolute atomic E-state index is 1.02. The summed E-state index contributed by atoms with van der Waals surface area (Å²) in [5.74, 6) is 0. The van der Waals surface area contributed by atoms with Gasteiger partial charge in [-0.3, -0.25) is 0 Å². The molecule has 0 spiro atoms. The van der Waals surface area contributed by atoms with Crippen LogP contribution in [-0.2, 0) is 19.3 Å². The number of hydrogen-bond acceptors (Lipinski definition) is 0. The summed E-state index contributed by atoms with van der Waals surface area (Å²) >= 11 is 0. The van der Waals surface area contributed by atoms with Crippen molar-refractivity contribution in [3.8, 4) is 0 Å². The van der Waals surface area contributed by atoms with E-state index in [2.05, 4.69) is 85.8 Å².